The molecule has 12 heavy (non-hydrogen) atoms. The maximum absolute atomic E-state index is 5.73. The van der Waals surface area contributed by atoms with Crippen LogP contribution in [0.25, 0.3) is 0 Å². The second-order valence-electron chi connectivity index (χ2n) is 2.92. The molecule has 2 rings (SSSR count). The first-order chi connectivity index (χ1) is 5.83. The summed E-state index contributed by atoms with van der Waals surface area (Å²) in [5.74, 6) is 1.41. The van der Waals surface area contributed by atoms with Crippen LogP contribution in [0.15, 0.2) is 0 Å². The van der Waals surface area contributed by atoms with Gasteiger partial charge in [0.25, 0.3) is 0 Å². The van der Waals surface area contributed by atoms with Gasteiger partial charge in [-0.25, -0.2) is 4.98 Å². The number of rotatable bonds is 1. The molecular weight excluding hydrogens is 176 g/mol. The number of imidazole rings is 1. The fourth-order valence-electron chi connectivity index (χ4n) is 1.53. The van der Waals surface area contributed by atoms with Gasteiger partial charge in [0.15, 0.2) is 0 Å². The van der Waals surface area contributed by atoms with Crippen LogP contribution in [0.4, 0.5) is 0 Å². The minimum Gasteiger partial charge on any atom is -0.375 e. The Kier molecular flexibility index (Phi) is 2.07. The van der Waals surface area contributed by atoms with Crippen LogP contribution in [0.1, 0.15) is 17.2 Å². The summed E-state index contributed by atoms with van der Waals surface area (Å²) in [5.41, 5.74) is 2.33. The third-order valence-corrected chi connectivity index (χ3v) is 2.47. The summed E-state index contributed by atoms with van der Waals surface area (Å²) < 4.78 is 7.36. The highest BCUT2D eigenvalue weighted by Gasteiger charge is 2.17. The van der Waals surface area contributed by atoms with Crippen molar-refractivity contribution in [1.29, 1.82) is 0 Å². The summed E-state index contributed by atoms with van der Waals surface area (Å²) in [4.78, 5) is 4.37. The third-order valence-electron chi connectivity index (χ3n) is 2.23. The largest absolute Gasteiger partial charge is 0.375 e. The SMILES string of the molecule is Cn1c(CCl)nc2c1CCOC2. The molecule has 1 aromatic heterocycles. The number of nitrogens with zero attached hydrogens (tertiary/aromatic N) is 2. The zero-order chi connectivity index (χ0) is 8.55. The summed E-state index contributed by atoms with van der Waals surface area (Å²) in [6.45, 7) is 1.44. The second-order valence-corrected chi connectivity index (χ2v) is 3.18. The van der Waals surface area contributed by atoms with Gasteiger partial charge in [-0.3, -0.25) is 0 Å². The lowest BCUT2D eigenvalue weighted by molar-refractivity contribution is 0.106. The first-order valence-corrected chi connectivity index (χ1v) is 4.53. The highest BCUT2D eigenvalue weighted by molar-refractivity contribution is 6.16. The molecule has 3 nitrogen and oxygen atoms in total. The number of alkyl halides is 1. The van der Waals surface area contributed by atoms with Crippen molar-refractivity contribution in [3.8, 4) is 0 Å². The van der Waals surface area contributed by atoms with Crippen LogP contribution >= 0.6 is 11.6 Å². The standard InChI is InChI=1S/C8H11ClN2O/c1-11-7-2-3-12-5-6(7)10-8(11)4-9/h2-5H2,1H3. The zero-order valence-corrected chi connectivity index (χ0v) is 7.76. The van der Waals surface area contributed by atoms with Gasteiger partial charge in [0.2, 0.25) is 0 Å². The number of fused-ring (bicyclic) bond motifs is 1. The number of halogens is 1. The van der Waals surface area contributed by atoms with E-state index < -0.39 is 0 Å². The average Bonchev–Trinajstić information content (AvgIpc) is 2.44. The van der Waals surface area contributed by atoms with E-state index >= 15 is 0 Å². The van der Waals surface area contributed by atoms with Crippen LogP contribution in [0.5, 0.6) is 0 Å². The van der Waals surface area contributed by atoms with E-state index in [1.807, 2.05) is 7.05 Å². The van der Waals surface area contributed by atoms with Crippen molar-refractivity contribution in [3.05, 3.63) is 17.2 Å². The lowest BCUT2D eigenvalue weighted by Gasteiger charge is -2.12. The Balaban J connectivity index is 2.44. The van der Waals surface area contributed by atoms with E-state index in [4.69, 9.17) is 16.3 Å². The molecule has 0 saturated carbocycles. The van der Waals surface area contributed by atoms with Crippen LogP contribution in [0.3, 0.4) is 0 Å². The minimum absolute atomic E-state index is 0.476. The molecule has 0 unspecified atom stereocenters. The molecular formula is C8H11ClN2O. The molecule has 0 N–H and O–H groups in total. The zero-order valence-electron chi connectivity index (χ0n) is 7.01. The first-order valence-electron chi connectivity index (χ1n) is 4.00. The molecule has 0 amide bonds. The molecule has 0 radical (unpaired) electrons. The highest BCUT2D eigenvalue weighted by Crippen LogP contribution is 2.17. The molecule has 0 saturated heterocycles. The topological polar surface area (TPSA) is 27.1 Å². The maximum atomic E-state index is 5.73. The van der Waals surface area contributed by atoms with E-state index in [1.165, 1.54) is 5.69 Å². The van der Waals surface area contributed by atoms with Gasteiger partial charge in [-0.2, -0.15) is 0 Å². The van der Waals surface area contributed by atoms with Crippen LogP contribution in [0, 0.1) is 0 Å². The van der Waals surface area contributed by atoms with Crippen LogP contribution in [-0.2, 0) is 30.7 Å². The fourth-order valence-corrected chi connectivity index (χ4v) is 1.77. The highest BCUT2D eigenvalue weighted by atomic mass is 35.5. The molecule has 0 bridgehead atoms. The normalized spacial score (nSPS) is 16.2. The summed E-state index contributed by atoms with van der Waals surface area (Å²) >= 11 is 5.73. The Morgan fingerprint density at radius 2 is 2.50 bits per heavy atom. The monoisotopic (exact) mass is 186 g/mol. The van der Waals surface area contributed by atoms with Crippen molar-refractivity contribution in [3.63, 3.8) is 0 Å². The molecule has 66 valence electrons. The van der Waals surface area contributed by atoms with Gasteiger partial charge in [0, 0.05) is 19.2 Å². The first kappa shape index (κ1) is 8.08. The molecule has 2 heterocycles. The van der Waals surface area contributed by atoms with E-state index in [0.29, 0.717) is 12.5 Å². The smallest absolute Gasteiger partial charge is 0.124 e. The Morgan fingerprint density at radius 3 is 3.17 bits per heavy atom. The summed E-state index contributed by atoms with van der Waals surface area (Å²) in [7, 11) is 2.01. The average molecular weight is 187 g/mol. The molecule has 0 atom stereocenters. The fraction of sp³-hybridized carbons (Fsp3) is 0.625. The van der Waals surface area contributed by atoms with Crippen molar-refractivity contribution in [1.82, 2.24) is 9.55 Å². The van der Waals surface area contributed by atoms with Crippen molar-refractivity contribution in [2.24, 2.45) is 7.05 Å². The third kappa shape index (κ3) is 1.13. The van der Waals surface area contributed by atoms with Gasteiger partial charge >= 0.3 is 0 Å². The van der Waals surface area contributed by atoms with E-state index in [2.05, 4.69) is 9.55 Å². The van der Waals surface area contributed by atoms with Crippen LogP contribution in [0.2, 0.25) is 0 Å². The molecule has 1 aromatic rings. The molecule has 4 heteroatoms. The molecule has 0 aromatic carbocycles. The number of ether oxygens (including phenoxy) is 1. The number of hydrogen-bond donors (Lipinski definition) is 0. The van der Waals surface area contributed by atoms with Gasteiger partial charge in [-0.1, -0.05) is 0 Å². The van der Waals surface area contributed by atoms with Crippen LogP contribution < -0.4 is 0 Å². The Hall–Kier alpha value is -0.540. The molecule has 0 fully saturated rings. The van der Waals surface area contributed by atoms with Crippen LogP contribution in [-0.4, -0.2) is 16.2 Å². The van der Waals surface area contributed by atoms with Crippen molar-refractivity contribution in [2.75, 3.05) is 6.61 Å². The predicted octanol–water partition coefficient (Wildman–Crippen LogP) is 1.23. The Bertz CT molecular complexity index is 295. The molecule has 1 aliphatic rings. The van der Waals surface area contributed by atoms with Gasteiger partial charge in [-0.15, -0.1) is 11.6 Å². The predicted molar refractivity (Wildman–Crippen MR) is 46.1 cm³/mol. The number of hydrogen-bond acceptors (Lipinski definition) is 2. The maximum Gasteiger partial charge on any atom is 0.124 e. The van der Waals surface area contributed by atoms with E-state index in [1.54, 1.807) is 0 Å². The minimum atomic E-state index is 0.476. The van der Waals surface area contributed by atoms with Crippen molar-refractivity contribution in [2.45, 2.75) is 18.9 Å². The van der Waals surface area contributed by atoms with Gasteiger partial charge < -0.3 is 9.30 Å². The molecule has 1 aliphatic heterocycles. The lowest BCUT2D eigenvalue weighted by atomic mass is 10.2. The Morgan fingerprint density at radius 1 is 1.67 bits per heavy atom. The van der Waals surface area contributed by atoms with E-state index in [-0.39, 0.29) is 0 Å². The van der Waals surface area contributed by atoms with Crippen molar-refractivity contribution >= 4 is 11.6 Å². The second kappa shape index (κ2) is 3.07. The molecule has 0 aliphatic carbocycles. The van der Waals surface area contributed by atoms with E-state index in [0.717, 1.165) is 24.5 Å². The Labute approximate surface area is 76.3 Å². The number of aromatic nitrogens is 2. The summed E-state index contributed by atoms with van der Waals surface area (Å²) in [6.07, 6.45) is 0.954. The summed E-state index contributed by atoms with van der Waals surface area (Å²) in [6, 6.07) is 0. The van der Waals surface area contributed by atoms with Gasteiger partial charge in [-0.05, 0) is 0 Å². The van der Waals surface area contributed by atoms with Gasteiger partial charge in [0.05, 0.1) is 24.8 Å². The summed E-state index contributed by atoms with van der Waals surface area (Å²) in [5, 5.41) is 0. The van der Waals surface area contributed by atoms with E-state index in [9.17, 15) is 0 Å². The van der Waals surface area contributed by atoms with Crippen molar-refractivity contribution < 1.29 is 4.74 Å². The molecule has 0 spiro atoms. The van der Waals surface area contributed by atoms with Gasteiger partial charge in [0.1, 0.15) is 5.82 Å². The quantitative estimate of drug-likeness (QED) is 0.617. The lowest BCUT2D eigenvalue weighted by Crippen LogP contribution is -2.12.